The Kier molecular flexibility index (Phi) is 23.5. The van der Waals surface area contributed by atoms with Crippen molar-refractivity contribution in [1.82, 2.24) is 0 Å². The third-order valence-electron chi connectivity index (χ3n) is 1.72. The van der Waals surface area contributed by atoms with Gasteiger partial charge in [0.15, 0.2) is 0 Å². The van der Waals surface area contributed by atoms with Crippen molar-refractivity contribution in [2.75, 3.05) is 0 Å². The first kappa shape index (κ1) is 40.5. The molecule has 1 aromatic carbocycles. The molecule has 0 aliphatic rings. The molecule has 1 rings (SSSR count). The molecule has 24 heavy (non-hydrogen) atoms. The van der Waals surface area contributed by atoms with E-state index in [-0.39, 0.29) is 123 Å². The zero-order valence-corrected chi connectivity index (χ0v) is 21.1. The Morgan fingerprint density at radius 1 is 0.500 bits per heavy atom. The molecule has 126 valence electrons. The summed E-state index contributed by atoms with van der Waals surface area (Å²) in [5.74, 6) is 0. The van der Waals surface area contributed by atoms with E-state index < -0.39 is 45.0 Å². The van der Waals surface area contributed by atoms with E-state index in [2.05, 4.69) is 0 Å². The molecule has 0 atom stereocenters. The van der Waals surface area contributed by atoms with Crippen LogP contribution in [0.1, 0.15) is 0 Å². The van der Waals surface area contributed by atoms with Crippen molar-refractivity contribution in [3.63, 3.8) is 0 Å². The Labute approximate surface area is 204 Å². The second-order valence-electron chi connectivity index (χ2n) is 3.00. The van der Waals surface area contributed by atoms with Crippen LogP contribution in [-0.2, 0) is 30.4 Å². The van der Waals surface area contributed by atoms with Gasteiger partial charge in [0.05, 0.1) is 14.7 Å². The largest absolute Gasteiger partial charge is 1.00 e. The summed E-state index contributed by atoms with van der Waals surface area (Å²) in [4.78, 5) is -3.89. The van der Waals surface area contributed by atoms with E-state index in [1.54, 1.807) is 0 Å². The van der Waals surface area contributed by atoms with Crippen LogP contribution in [0.5, 0.6) is 0 Å². The third-order valence-corrected chi connectivity index (χ3v) is 4.16. The maximum absolute atomic E-state index is 10.6. The molecule has 0 aliphatic carbocycles. The van der Waals surface area contributed by atoms with Gasteiger partial charge in [0.2, 0.25) is 0 Å². The van der Waals surface area contributed by atoms with Crippen molar-refractivity contribution < 1.29 is 144 Å². The van der Waals surface area contributed by atoms with Crippen LogP contribution in [0.2, 0.25) is 0 Å². The summed E-state index contributed by atoms with van der Waals surface area (Å²) in [6.07, 6.45) is 0. The summed E-state index contributed by atoms with van der Waals surface area (Å²) in [6, 6.07) is 0.540. The van der Waals surface area contributed by atoms with Crippen molar-refractivity contribution in [3.8, 4) is 0 Å². The van der Waals surface area contributed by atoms with Crippen LogP contribution >= 0.6 is 0 Å². The predicted octanol–water partition coefficient (Wildman–Crippen LogP) is -13.1. The van der Waals surface area contributed by atoms with Crippen LogP contribution < -0.4 is 88.7 Å². The predicted molar refractivity (Wildman–Crippen MR) is 61.2 cm³/mol. The maximum Gasteiger partial charge on any atom is 1.00 e. The van der Waals surface area contributed by atoms with Gasteiger partial charge in [-0.05, 0) is 18.2 Å². The van der Waals surface area contributed by atoms with E-state index in [1.165, 1.54) is 0 Å². The zero-order valence-electron chi connectivity index (χ0n) is 12.6. The summed E-state index contributed by atoms with van der Waals surface area (Å²) in [5, 5.41) is 0. The first-order chi connectivity index (χ1) is 7.82. The van der Waals surface area contributed by atoms with Crippen molar-refractivity contribution in [1.29, 1.82) is 0 Å². The average Bonchev–Trinajstić information content (AvgIpc) is 2.13. The standard InChI is InChI=1S/C6H6O9S3.3Na.3H2O/c7-16(8,9)4-1-5(17(10,11)12)3-6(2-4)18(13,14)15;;;;;;/h1-3H,(H,7,8,9)(H,10,11,12)(H,13,14,15);;;;3*1H2/q;3*+1;;;/p-3. The first-order valence-corrected chi connectivity index (χ1v) is 8.07. The molecule has 0 fully saturated rings. The molecule has 12 nitrogen and oxygen atoms in total. The van der Waals surface area contributed by atoms with Crippen LogP contribution in [0.25, 0.3) is 0 Å². The number of hydrogen-bond acceptors (Lipinski definition) is 9. The van der Waals surface area contributed by atoms with Gasteiger partial charge in [-0.25, -0.2) is 25.3 Å². The summed E-state index contributed by atoms with van der Waals surface area (Å²) in [7, 11) is -15.7. The molecular formula is C6H9Na3O12S3. The van der Waals surface area contributed by atoms with Gasteiger partial charge in [-0.1, -0.05) is 0 Å². The topological polar surface area (TPSA) is 266 Å². The van der Waals surface area contributed by atoms with Gasteiger partial charge in [-0.15, -0.1) is 0 Å². The zero-order chi connectivity index (χ0) is 14.4. The minimum absolute atomic E-state index is 0. The average molecular weight is 438 g/mol. The van der Waals surface area contributed by atoms with E-state index in [0.29, 0.717) is 0 Å². The van der Waals surface area contributed by atoms with Crippen molar-refractivity contribution in [2.45, 2.75) is 14.7 Å². The van der Waals surface area contributed by atoms with E-state index in [9.17, 15) is 38.9 Å². The molecule has 0 bridgehead atoms. The maximum atomic E-state index is 10.6. The Morgan fingerprint density at radius 2 is 0.625 bits per heavy atom. The van der Waals surface area contributed by atoms with Gasteiger partial charge in [0.25, 0.3) is 0 Å². The van der Waals surface area contributed by atoms with E-state index in [4.69, 9.17) is 0 Å². The van der Waals surface area contributed by atoms with Crippen molar-refractivity contribution >= 4 is 30.4 Å². The van der Waals surface area contributed by atoms with Crippen LogP contribution in [0.3, 0.4) is 0 Å². The SMILES string of the molecule is O.O.O.O=S(=O)([O-])c1cc(S(=O)(=O)[O-])cc(S(=O)(=O)[O-])c1.[Na+].[Na+].[Na+]. The quantitative estimate of drug-likeness (QED) is 0.319. The summed E-state index contributed by atoms with van der Waals surface area (Å²) in [6.45, 7) is 0. The van der Waals surface area contributed by atoms with E-state index in [1.807, 2.05) is 0 Å². The molecular weight excluding hydrogens is 429 g/mol. The van der Waals surface area contributed by atoms with Gasteiger partial charge in [0, 0.05) is 0 Å². The molecule has 0 spiro atoms. The molecule has 0 amide bonds. The molecule has 0 heterocycles. The van der Waals surface area contributed by atoms with Gasteiger partial charge >= 0.3 is 88.7 Å². The fraction of sp³-hybridized carbons (Fsp3) is 0. The van der Waals surface area contributed by atoms with E-state index in [0.717, 1.165) is 0 Å². The van der Waals surface area contributed by atoms with Crippen molar-refractivity contribution in [2.24, 2.45) is 0 Å². The van der Waals surface area contributed by atoms with Gasteiger partial charge in [-0.2, -0.15) is 0 Å². The van der Waals surface area contributed by atoms with E-state index >= 15 is 0 Å². The normalized spacial score (nSPS) is 10.1. The molecule has 18 heteroatoms. The van der Waals surface area contributed by atoms with Crippen LogP contribution in [0.4, 0.5) is 0 Å². The second-order valence-corrected chi connectivity index (χ2v) is 7.14. The first-order valence-electron chi connectivity index (χ1n) is 3.84. The van der Waals surface area contributed by atoms with Gasteiger partial charge in [-0.3, -0.25) is 0 Å². The molecule has 6 N–H and O–H groups in total. The molecule has 0 aromatic heterocycles. The van der Waals surface area contributed by atoms with Crippen molar-refractivity contribution in [3.05, 3.63) is 18.2 Å². The summed E-state index contributed by atoms with van der Waals surface area (Å²) in [5.41, 5.74) is 0. The molecule has 0 unspecified atom stereocenters. The fourth-order valence-corrected chi connectivity index (χ4v) is 2.83. The molecule has 0 saturated heterocycles. The summed E-state index contributed by atoms with van der Waals surface area (Å²) >= 11 is 0. The Bertz CT molecular complexity index is 679. The Hall–Kier alpha value is 1.83. The fourth-order valence-electron chi connectivity index (χ4n) is 0.979. The molecule has 0 saturated carbocycles. The molecule has 1 aromatic rings. The number of hydrogen-bond donors (Lipinski definition) is 0. The van der Waals surface area contributed by atoms with Crippen LogP contribution in [-0.4, -0.2) is 55.3 Å². The third kappa shape index (κ3) is 12.3. The van der Waals surface area contributed by atoms with Gasteiger partial charge in [0.1, 0.15) is 30.4 Å². The summed E-state index contributed by atoms with van der Waals surface area (Å²) < 4.78 is 95.8. The number of rotatable bonds is 3. The van der Waals surface area contributed by atoms with Gasteiger partial charge < -0.3 is 30.1 Å². The minimum atomic E-state index is -5.23. The Balaban J connectivity index is -0.000000135. The second kappa shape index (κ2) is 13.9. The smallest absolute Gasteiger partial charge is 0.744 e. The Morgan fingerprint density at radius 3 is 0.708 bits per heavy atom. The molecule has 0 aliphatic heterocycles. The number of benzene rings is 1. The minimum Gasteiger partial charge on any atom is -0.744 e. The molecule has 0 radical (unpaired) electrons. The van der Waals surface area contributed by atoms with Crippen LogP contribution in [0, 0.1) is 0 Å². The van der Waals surface area contributed by atoms with Crippen LogP contribution in [0.15, 0.2) is 32.9 Å². The monoisotopic (exact) mass is 438 g/mol.